The van der Waals surface area contributed by atoms with Crippen LogP contribution in [0, 0.1) is 11.6 Å². The summed E-state index contributed by atoms with van der Waals surface area (Å²) in [6.07, 6.45) is 0. The van der Waals surface area contributed by atoms with Crippen LogP contribution in [0.25, 0.3) is 22.3 Å². The van der Waals surface area contributed by atoms with Crippen LogP contribution in [0.1, 0.15) is 6.92 Å². The quantitative estimate of drug-likeness (QED) is 0.206. The van der Waals surface area contributed by atoms with Gasteiger partial charge in [-0.15, -0.1) is 0 Å². The van der Waals surface area contributed by atoms with Crippen LogP contribution < -0.4 is 14.2 Å². The van der Waals surface area contributed by atoms with Crippen LogP contribution in [-0.2, 0) is 4.79 Å². The molecule has 0 bridgehead atoms. The van der Waals surface area contributed by atoms with E-state index in [9.17, 15) is 14.3 Å². The number of hydrogen-bond acceptors (Lipinski definition) is 5. The molecule has 5 nitrogen and oxygen atoms in total. The minimum atomic E-state index is -0.647. The van der Waals surface area contributed by atoms with E-state index in [2.05, 4.69) is 13.2 Å². The number of hydrogen-bond donors (Lipinski definition) is 1. The van der Waals surface area contributed by atoms with E-state index in [0.29, 0.717) is 22.4 Å². The zero-order chi connectivity index (χ0) is 23.4. The lowest BCUT2D eigenvalue weighted by Gasteiger charge is -2.14. The largest absolute Gasteiger partial charge is 0.497 e. The average Bonchev–Trinajstić information content (AvgIpc) is 2.73. The number of benzene rings is 3. The number of ether oxygens (including phenoxy) is 3. The Hall–Kier alpha value is -4.13. The van der Waals surface area contributed by atoms with Gasteiger partial charge in [-0.05, 0) is 61.0 Å². The van der Waals surface area contributed by atoms with Gasteiger partial charge in [-0.25, -0.2) is 13.6 Å². The second-order valence-electron chi connectivity index (χ2n) is 6.90. The maximum atomic E-state index is 15.2. The lowest BCUT2D eigenvalue weighted by molar-refractivity contribution is -0.130. The first kappa shape index (κ1) is 22.6. The number of carbonyl (C=O) groups excluding carboxylic acids is 1. The van der Waals surface area contributed by atoms with Crippen LogP contribution >= 0.6 is 0 Å². The number of carbonyl (C=O) groups is 1. The molecule has 164 valence electrons. The highest BCUT2D eigenvalue weighted by molar-refractivity contribution is 5.90. The minimum absolute atomic E-state index is 0.0128. The summed E-state index contributed by atoms with van der Waals surface area (Å²) in [5, 5.41) is 9.18. The third kappa shape index (κ3) is 5.13. The van der Waals surface area contributed by atoms with E-state index in [1.807, 2.05) is 0 Å². The highest BCUT2D eigenvalue weighted by Crippen LogP contribution is 2.37. The molecule has 0 amide bonds. The van der Waals surface area contributed by atoms with E-state index in [-0.39, 0.29) is 22.6 Å². The van der Waals surface area contributed by atoms with Gasteiger partial charge >= 0.3 is 5.97 Å². The van der Waals surface area contributed by atoms with Crippen molar-refractivity contribution in [2.24, 2.45) is 0 Å². The maximum Gasteiger partial charge on any atom is 0.338 e. The number of rotatable bonds is 7. The van der Waals surface area contributed by atoms with Crippen LogP contribution in [-0.4, -0.2) is 18.2 Å². The van der Waals surface area contributed by atoms with Crippen molar-refractivity contribution in [2.75, 3.05) is 7.11 Å². The molecular weight excluding hydrogens is 418 g/mol. The van der Waals surface area contributed by atoms with Crippen molar-refractivity contribution in [3.05, 3.63) is 90.9 Å². The summed E-state index contributed by atoms with van der Waals surface area (Å²) in [7, 11) is 1.46. The molecule has 7 heteroatoms. The van der Waals surface area contributed by atoms with E-state index < -0.39 is 23.5 Å². The van der Waals surface area contributed by atoms with Crippen molar-refractivity contribution in [1.82, 2.24) is 0 Å². The molecule has 0 aliphatic heterocycles. The Morgan fingerprint density at radius 3 is 2.25 bits per heavy atom. The molecule has 0 unspecified atom stereocenters. The lowest BCUT2D eigenvalue weighted by atomic mass is 9.98. The normalized spacial score (nSPS) is 10.4. The molecule has 3 aromatic carbocycles. The molecule has 0 saturated carbocycles. The van der Waals surface area contributed by atoms with Crippen molar-refractivity contribution in [1.29, 1.82) is 0 Å². The van der Waals surface area contributed by atoms with E-state index in [4.69, 9.17) is 14.2 Å². The number of methoxy groups -OCH3 is 1. The Kier molecular flexibility index (Phi) is 6.59. The maximum absolute atomic E-state index is 15.2. The van der Waals surface area contributed by atoms with Crippen LogP contribution in [0.5, 0.6) is 17.2 Å². The predicted octanol–water partition coefficient (Wildman–Crippen LogP) is 6.20. The summed E-state index contributed by atoms with van der Waals surface area (Å²) in [5.74, 6) is -1.93. The van der Waals surface area contributed by atoms with Crippen molar-refractivity contribution in [3.8, 4) is 39.5 Å². The summed E-state index contributed by atoms with van der Waals surface area (Å²) in [6, 6.07) is 12.6. The van der Waals surface area contributed by atoms with Crippen molar-refractivity contribution < 1.29 is 32.9 Å². The molecule has 0 radical (unpaired) electrons. The highest BCUT2D eigenvalue weighted by Gasteiger charge is 2.17. The third-order valence-corrected chi connectivity index (χ3v) is 4.44. The fourth-order valence-electron chi connectivity index (χ4n) is 2.96. The molecule has 1 N–H and O–H groups in total. The smallest absolute Gasteiger partial charge is 0.338 e. The molecular formula is C25H20F2O5. The molecule has 0 aromatic heterocycles. The molecule has 0 atom stereocenters. The van der Waals surface area contributed by atoms with Gasteiger partial charge in [0.05, 0.1) is 7.11 Å². The average molecular weight is 438 g/mol. The van der Waals surface area contributed by atoms with E-state index in [1.54, 1.807) is 18.2 Å². The molecule has 0 saturated heterocycles. The summed E-state index contributed by atoms with van der Waals surface area (Å²) < 4.78 is 44.6. The van der Waals surface area contributed by atoms with Crippen LogP contribution in [0.2, 0.25) is 0 Å². The summed E-state index contributed by atoms with van der Waals surface area (Å²) in [6.45, 7) is 8.25. The SMILES string of the molecule is C=C(O)Oc1cc(F)cc(-c2ccc(-c3cc(OC)ccc3OC(=O)C(=C)C)c(F)c2)c1. The number of aliphatic hydroxyl groups is 1. The monoisotopic (exact) mass is 438 g/mol. The molecule has 0 aliphatic rings. The Morgan fingerprint density at radius 2 is 1.62 bits per heavy atom. The van der Waals surface area contributed by atoms with Gasteiger partial charge in [-0.1, -0.05) is 18.7 Å². The topological polar surface area (TPSA) is 65.0 Å². The van der Waals surface area contributed by atoms with Gasteiger partial charge in [0, 0.05) is 22.8 Å². The van der Waals surface area contributed by atoms with E-state index in [1.165, 1.54) is 44.4 Å². The first-order valence-electron chi connectivity index (χ1n) is 9.40. The van der Waals surface area contributed by atoms with Gasteiger partial charge in [-0.2, -0.15) is 0 Å². The molecule has 32 heavy (non-hydrogen) atoms. The highest BCUT2D eigenvalue weighted by atomic mass is 19.1. The van der Waals surface area contributed by atoms with Gasteiger partial charge in [-0.3, -0.25) is 0 Å². The van der Waals surface area contributed by atoms with Crippen molar-refractivity contribution in [3.63, 3.8) is 0 Å². The van der Waals surface area contributed by atoms with Crippen molar-refractivity contribution >= 4 is 5.97 Å². The summed E-state index contributed by atoms with van der Waals surface area (Å²) >= 11 is 0. The Morgan fingerprint density at radius 1 is 0.875 bits per heavy atom. The number of esters is 1. The number of aliphatic hydroxyl groups excluding tert-OH is 1. The van der Waals surface area contributed by atoms with Gasteiger partial charge in [0.15, 0.2) is 0 Å². The summed E-state index contributed by atoms with van der Waals surface area (Å²) in [4.78, 5) is 12.0. The standard InChI is InChI=1S/C25H20F2O5/c1-14(2)25(29)32-24-8-6-19(30-4)13-22(24)21-7-5-16(11-23(21)27)17-9-18(26)12-20(10-17)31-15(3)28/h5-13,28H,1,3H2,2,4H3. The van der Waals surface area contributed by atoms with E-state index in [0.717, 1.165) is 6.07 Å². The first-order valence-corrected chi connectivity index (χ1v) is 9.40. The second kappa shape index (κ2) is 9.34. The van der Waals surface area contributed by atoms with Crippen LogP contribution in [0.3, 0.4) is 0 Å². The third-order valence-electron chi connectivity index (χ3n) is 4.44. The van der Waals surface area contributed by atoms with Gasteiger partial charge in [0.2, 0.25) is 0 Å². The minimum Gasteiger partial charge on any atom is -0.497 e. The van der Waals surface area contributed by atoms with Gasteiger partial charge < -0.3 is 19.3 Å². The molecule has 3 rings (SSSR count). The van der Waals surface area contributed by atoms with Gasteiger partial charge in [0.1, 0.15) is 28.9 Å². The Bertz CT molecular complexity index is 1220. The molecule has 0 fully saturated rings. The fraction of sp³-hybridized carbons (Fsp3) is 0.0800. The predicted molar refractivity (Wildman–Crippen MR) is 117 cm³/mol. The zero-order valence-electron chi connectivity index (χ0n) is 17.4. The second-order valence-corrected chi connectivity index (χ2v) is 6.90. The van der Waals surface area contributed by atoms with Gasteiger partial charge in [0.25, 0.3) is 5.95 Å². The van der Waals surface area contributed by atoms with Crippen LogP contribution in [0.15, 0.2) is 79.3 Å². The molecule has 3 aromatic rings. The van der Waals surface area contributed by atoms with E-state index >= 15 is 4.39 Å². The fourth-order valence-corrected chi connectivity index (χ4v) is 2.96. The Labute approximate surface area is 183 Å². The Balaban J connectivity index is 2.05. The first-order chi connectivity index (χ1) is 15.2. The number of halogens is 2. The lowest BCUT2D eigenvalue weighted by Crippen LogP contribution is -2.09. The summed E-state index contributed by atoms with van der Waals surface area (Å²) in [5.41, 5.74) is 1.32. The molecule has 0 aliphatic carbocycles. The zero-order valence-corrected chi connectivity index (χ0v) is 17.4. The molecule has 0 spiro atoms. The molecule has 0 heterocycles. The van der Waals surface area contributed by atoms with Crippen LogP contribution in [0.4, 0.5) is 8.78 Å². The van der Waals surface area contributed by atoms with Crippen molar-refractivity contribution in [2.45, 2.75) is 6.92 Å².